The van der Waals surface area contributed by atoms with Gasteiger partial charge in [0, 0.05) is 49.2 Å². The summed E-state index contributed by atoms with van der Waals surface area (Å²) in [6.07, 6.45) is 2.10. The average Bonchev–Trinajstić information content (AvgIpc) is 3.77. The van der Waals surface area contributed by atoms with Gasteiger partial charge in [0.15, 0.2) is 24.2 Å². The standard InChI is InChI=1S/C39H37N7O3/c1-3-14-36-45(27-28-22-24-29(25-23-28)32-19-11-12-20-33(32)38-41-43-44-42-38)37(39(48)49-26-13-21-35(40)47)34(4-2)46(36,30-15-7-5-8-16-30)31-17-9-6-10-18-31/h5-12,15-20,22-25,36H,3-4,14,26-27H2,1-2H3,(H2-,40,41,42,43,44,47)/p+1. The molecule has 3 N–H and O–H groups in total. The summed E-state index contributed by atoms with van der Waals surface area (Å²) >= 11 is 0. The van der Waals surface area contributed by atoms with Gasteiger partial charge in [-0.1, -0.05) is 105 Å². The van der Waals surface area contributed by atoms with Crippen LogP contribution in [-0.4, -0.2) is 50.2 Å². The Balaban J connectivity index is 1.47. The molecule has 0 spiro atoms. The number of hydrogen-bond donors (Lipinski definition) is 2. The molecule has 10 heteroatoms. The molecule has 0 radical (unpaired) electrons. The van der Waals surface area contributed by atoms with Crippen molar-refractivity contribution in [3.05, 3.63) is 126 Å². The number of nitrogens with one attached hydrogen (secondary N) is 1. The van der Waals surface area contributed by atoms with Crippen LogP contribution >= 0.6 is 0 Å². The fraction of sp³-hybridized carbons (Fsp3) is 0.205. The van der Waals surface area contributed by atoms with Gasteiger partial charge in [-0.15, -0.1) is 10.2 Å². The monoisotopic (exact) mass is 652 g/mol. The minimum Gasteiger partial charge on any atom is -0.448 e. The lowest BCUT2D eigenvalue weighted by Gasteiger charge is -2.42. The molecule has 0 fully saturated rings. The summed E-state index contributed by atoms with van der Waals surface area (Å²) in [5.41, 5.74) is 12.6. The zero-order chi connectivity index (χ0) is 34.2. The number of rotatable bonds is 11. The molecule has 10 nitrogen and oxygen atoms in total. The van der Waals surface area contributed by atoms with Crippen molar-refractivity contribution in [1.29, 1.82) is 0 Å². The van der Waals surface area contributed by atoms with Crippen LogP contribution in [0, 0.1) is 11.8 Å². The highest BCUT2D eigenvalue weighted by Crippen LogP contribution is 2.52. The van der Waals surface area contributed by atoms with E-state index in [1.54, 1.807) is 0 Å². The number of amides is 1. The highest BCUT2D eigenvalue weighted by molar-refractivity contribution is 5.93. The molecule has 1 aromatic heterocycles. The van der Waals surface area contributed by atoms with Gasteiger partial charge in [-0.3, -0.25) is 4.79 Å². The fourth-order valence-electron chi connectivity index (χ4n) is 6.93. The van der Waals surface area contributed by atoms with Crippen LogP contribution in [0.15, 0.2) is 121 Å². The van der Waals surface area contributed by atoms with E-state index in [9.17, 15) is 9.59 Å². The molecule has 1 amide bonds. The summed E-state index contributed by atoms with van der Waals surface area (Å²) in [5, 5.41) is 14.6. The second-order valence-electron chi connectivity index (χ2n) is 11.7. The molecule has 1 aliphatic rings. The third-order valence-electron chi connectivity index (χ3n) is 8.81. The quantitative estimate of drug-likeness (QED) is 0.0952. The van der Waals surface area contributed by atoms with Gasteiger partial charge in [0.1, 0.15) is 11.4 Å². The number of hydrogen-bond acceptors (Lipinski definition) is 7. The predicted octanol–water partition coefficient (Wildman–Crippen LogP) is 6.47. The lowest BCUT2D eigenvalue weighted by atomic mass is 9.98. The second kappa shape index (κ2) is 14.8. The number of ether oxygens (including phenoxy) is 1. The summed E-state index contributed by atoms with van der Waals surface area (Å²) in [5.74, 6) is 4.08. The van der Waals surface area contributed by atoms with Crippen molar-refractivity contribution in [3.63, 3.8) is 0 Å². The van der Waals surface area contributed by atoms with E-state index in [0.717, 1.165) is 52.2 Å². The number of nitrogens with zero attached hydrogens (tertiary/aromatic N) is 5. The summed E-state index contributed by atoms with van der Waals surface area (Å²) in [6.45, 7) is 4.45. The first-order valence-corrected chi connectivity index (χ1v) is 16.4. The highest BCUT2D eigenvalue weighted by atomic mass is 16.5. The summed E-state index contributed by atoms with van der Waals surface area (Å²) in [7, 11) is 0. The van der Waals surface area contributed by atoms with E-state index in [1.165, 1.54) is 0 Å². The van der Waals surface area contributed by atoms with E-state index in [4.69, 9.17) is 10.5 Å². The first kappa shape index (κ1) is 32.9. The lowest BCUT2D eigenvalue weighted by Crippen LogP contribution is -2.53. The van der Waals surface area contributed by atoms with Gasteiger partial charge in [0.25, 0.3) is 5.91 Å². The Kier molecular flexibility index (Phi) is 9.93. The third-order valence-corrected chi connectivity index (χ3v) is 8.81. The summed E-state index contributed by atoms with van der Waals surface area (Å²) in [6, 6.07) is 37.0. The van der Waals surface area contributed by atoms with Crippen molar-refractivity contribution in [2.75, 3.05) is 6.61 Å². The summed E-state index contributed by atoms with van der Waals surface area (Å²) < 4.78 is 6.10. The molecule has 0 aliphatic carbocycles. The first-order valence-electron chi connectivity index (χ1n) is 16.4. The Hall–Kier alpha value is -6.05. The van der Waals surface area contributed by atoms with E-state index in [2.05, 4.69) is 99.7 Å². The highest BCUT2D eigenvalue weighted by Gasteiger charge is 2.57. The molecule has 4 aromatic carbocycles. The van der Waals surface area contributed by atoms with E-state index in [1.807, 2.05) is 60.7 Å². The number of esters is 1. The van der Waals surface area contributed by atoms with E-state index in [0.29, 0.717) is 29.0 Å². The van der Waals surface area contributed by atoms with Crippen LogP contribution in [0.5, 0.6) is 0 Å². The van der Waals surface area contributed by atoms with Gasteiger partial charge >= 0.3 is 5.97 Å². The molecule has 0 bridgehead atoms. The number of carbonyl (C=O) groups is 2. The van der Waals surface area contributed by atoms with Crippen LogP contribution in [0.1, 0.15) is 38.7 Å². The SMILES string of the molecule is CCCC1N(Cc2ccc(-c3ccccc3-c3nn[nH]n3)cc2)C(C(=O)OCC#CC(N)=O)=C(CC)[N+]1(c1ccccc1)c1ccccc1. The van der Waals surface area contributed by atoms with Crippen molar-refractivity contribution >= 4 is 23.3 Å². The van der Waals surface area contributed by atoms with Crippen molar-refractivity contribution in [2.24, 2.45) is 5.73 Å². The smallest absolute Gasteiger partial charge is 0.361 e. The van der Waals surface area contributed by atoms with Crippen LogP contribution < -0.4 is 10.2 Å². The summed E-state index contributed by atoms with van der Waals surface area (Å²) in [4.78, 5) is 27.7. The molecule has 0 saturated carbocycles. The Morgan fingerprint density at radius 1 is 0.878 bits per heavy atom. The van der Waals surface area contributed by atoms with E-state index in [-0.39, 0.29) is 12.8 Å². The van der Waals surface area contributed by atoms with Gasteiger partial charge in [-0.05, 0) is 34.2 Å². The van der Waals surface area contributed by atoms with Gasteiger partial charge in [0.05, 0.1) is 0 Å². The zero-order valence-electron chi connectivity index (χ0n) is 27.5. The normalized spacial score (nSPS) is 15.1. The number of aromatic amines is 1. The minimum absolute atomic E-state index is 0.164. The number of carbonyl (C=O) groups excluding carboxylic acids is 2. The molecule has 1 atom stereocenters. The second-order valence-corrected chi connectivity index (χ2v) is 11.7. The number of tetrazole rings is 1. The van der Waals surface area contributed by atoms with Crippen LogP contribution in [0.2, 0.25) is 0 Å². The maximum Gasteiger partial charge on any atom is 0.361 e. The molecule has 2 heterocycles. The lowest BCUT2D eigenvalue weighted by molar-refractivity contribution is -0.139. The zero-order valence-corrected chi connectivity index (χ0v) is 27.5. The van der Waals surface area contributed by atoms with Gasteiger partial charge in [-0.25, -0.2) is 9.28 Å². The Bertz CT molecular complexity index is 1960. The molecule has 0 saturated heterocycles. The molecule has 6 rings (SSSR count). The number of H-pyrrole nitrogens is 1. The first-order chi connectivity index (χ1) is 24.0. The molecular weight excluding hydrogens is 614 g/mol. The predicted molar refractivity (Wildman–Crippen MR) is 189 cm³/mol. The van der Waals surface area contributed by atoms with Crippen LogP contribution in [0.3, 0.4) is 0 Å². The van der Waals surface area contributed by atoms with Crippen molar-refractivity contribution < 1.29 is 14.3 Å². The largest absolute Gasteiger partial charge is 0.448 e. The minimum atomic E-state index is -0.776. The van der Waals surface area contributed by atoms with Gasteiger partial charge < -0.3 is 15.4 Å². The Morgan fingerprint density at radius 2 is 1.51 bits per heavy atom. The van der Waals surface area contributed by atoms with Crippen LogP contribution in [-0.2, 0) is 20.9 Å². The Labute approximate surface area is 285 Å². The third kappa shape index (κ3) is 6.44. The molecular formula is C39H38N7O3+. The van der Waals surface area contributed by atoms with Crippen molar-refractivity contribution in [1.82, 2.24) is 30.0 Å². The average molecular weight is 653 g/mol. The van der Waals surface area contributed by atoms with Gasteiger partial charge in [0.2, 0.25) is 5.82 Å². The molecule has 246 valence electrons. The topological polar surface area (TPSA) is 127 Å². The Morgan fingerprint density at radius 3 is 2.08 bits per heavy atom. The molecule has 5 aromatic rings. The number of allylic oxidation sites excluding steroid dienone is 1. The maximum absolute atomic E-state index is 14.2. The van der Waals surface area contributed by atoms with Crippen LogP contribution in [0.4, 0.5) is 11.4 Å². The van der Waals surface area contributed by atoms with Crippen LogP contribution in [0.25, 0.3) is 22.5 Å². The molecule has 49 heavy (non-hydrogen) atoms. The molecule has 1 aliphatic heterocycles. The maximum atomic E-state index is 14.2. The molecule has 1 unspecified atom stereocenters. The van der Waals surface area contributed by atoms with Crippen molar-refractivity contribution in [2.45, 2.75) is 45.8 Å². The number of primary amides is 1. The number of aromatic nitrogens is 4. The van der Waals surface area contributed by atoms with E-state index >= 15 is 0 Å². The number of nitrogens with two attached hydrogens (primary N) is 1. The van der Waals surface area contributed by atoms with Gasteiger partial charge in [-0.2, -0.15) is 5.21 Å². The number of quaternary nitrogens is 1. The fourth-order valence-corrected chi connectivity index (χ4v) is 6.93. The van der Waals surface area contributed by atoms with E-state index < -0.39 is 11.9 Å². The number of benzene rings is 4. The van der Waals surface area contributed by atoms with Crippen molar-refractivity contribution in [3.8, 4) is 34.4 Å². The number of para-hydroxylation sites is 2.